The van der Waals surface area contributed by atoms with Gasteiger partial charge in [-0.3, -0.25) is 20.2 Å². The maximum absolute atomic E-state index is 14.5. The van der Waals surface area contributed by atoms with E-state index in [0.29, 0.717) is 5.56 Å². The number of nitrogens with one attached hydrogen (secondary N) is 3. The summed E-state index contributed by atoms with van der Waals surface area (Å²) in [5.41, 5.74) is -0.380. The molecule has 0 aromatic heterocycles. The average molecular weight is 542 g/mol. The summed E-state index contributed by atoms with van der Waals surface area (Å²) in [6, 6.07) is 12.0. The molecule has 11 nitrogen and oxygen atoms in total. The number of methoxy groups -OCH3 is 1. The standard InChI is InChI=1S/C26H24F2N4O7/c1-15(39-24-10-8-17(25(34)38-2)13-23(24)32(36)37)29-14-18(33)11-16-7-9-22(20(28)12-16)31-26(35)30-21-6-4-3-5-19(21)27/h3-10,12-13,15,29H,11,14H2,1-2H3,(H2,30,31,35). The van der Waals surface area contributed by atoms with E-state index in [1.165, 1.54) is 49.4 Å². The lowest BCUT2D eigenvalue weighted by molar-refractivity contribution is -0.386. The Morgan fingerprint density at radius 1 is 0.974 bits per heavy atom. The van der Waals surface area contributed by atoms with E-state index >= 15 is 0 Å². The van der Waals surface area contributed by atoms with Gasteiger partial charge in [0.1, 0.15) is 17.9 Å². The van der Waals surface area contributed by atoms with E-state index < -0.39 is 40.5 Å². The van der Waals surface area contributed by atoms with Crippen LogP contribution >= 0.6 is 0 Å². The van der Waals surface area contributed by atoms with Crippen LogP contribution < -0.4 is 20.7 Å². The van der Waals surface area contributed by atoms with Gasteiger partial charge in [-0.2, -0.15) is 0 Å². The van der Waals surface area contributed by atoms with Crippen molar-refractivity contribution < 1.29 is 37.6 Å². The van der Waals surface area contributed by atoms with Gasteiger partial charge in [0.05, 0.1) is 35.5 Å². The minimum atomic E-state index is -0.846. The van der Waals surface area contributed by atoms with Crippen LogP contribution in [-0.2, 0) is 16.0 Å². The van der Waals surface area contributed by atoms with Crippen molar-refractivity contribution in [2.45, 2.75) is 19.6 Å². The van der Waals surface area contributed by atoms with E-state index in [1.54, 1.807) is 0 Å². The number of nitro groups is 1. The maximum Gasteiger partial charge on any atom is 0.338 e. The number of rotatable bonds is 11. The number of halogens is 2. The number of ether oxygens (including phenoxy) is 2. The van der Waals surface area contributed by atoms with Crippen molar-refractivity contribution in [3.8, 4) is 5.75 Å². The number of hydrogen-bond donors (Lipinski definition) is 3. The minimum Gasteiger partial charge on any atom is -0.468 e. The van der Waals surface area contributed by atoms with Crippen molar-refractivity contribution in [1.82, 2.24) is 5.32 Å². The van der Waals surface area contributed by atoms with E-state index in [4.69, 9.17) is 4.74 Å². The molecule has 39 heavy (non-hydrogen) atoms. The first-order chi connectivity index (χ1) is 18.6. The van der Waals surface area contributed by atoms with Crippen LogP contribution in [0.4, 0.5) is 30.6 Å². The number of nitrogens with zero attached hydrogens (tertiary/aromatic N) is 1. The summed E-state index contributed by atoms with van der Waals surface area (Å²) >= 11 is 0. The lowest BCUT2D eigenvalue weighted by Gasteiger charge is -2.16. The molecular weight excluding hydrogens is 518 g/mol. The first-order valence-electron chi connectivity index (χ1n) is 11.5. The molecule has 3 aromatic carbocycles. The van der Waals surface area contributed by atoms with E-state index in [1.807, 2.05) is 0 Å². The molecule has 0 bridgehead atoms. The normalized spacial score (nSPS) is 11.3. The van der Waals surface area contributed by atoms with Crippen molar-refractivity contribution in [2.75, 3.05) is 24.3 Å². The Kier molecular flexibility index (Phi) is 9.59. The zero-order valence-corrected chi connectivity index (χ0v) is 20.8. The number of para-hydroxylation sites is 1. The predicted molar refractivity (Wildman–Crippen MR) is 137 cm³/mol. The Balaban J connectivity index is 1.52. The highest BCUT2D eigenvalue weighted by atomic mass is 19.1. The summed E-state index contributed by atoms with van der Waals surface area (Å²) < 4.78 is 38.2. The Morgan fingerprint density at radius 2 is 1.67 bits per heavy atom. The summed E-state index contributed by atoms with van der Waals surface area (Å²) in [4.78, 5) is 46.7. The third kappa shape index (κ3) is 8.04. The van der Waals surface area contributed by atoms with Crippen LogP contribution in [0.1, 0.15) is 22.8 Å². The first kappa shape index (κ1) is 28.7. The monoisotopic (exact) mass is 542 g/mol. The number of carbonyl (C=O) groups is 3. The molecule has 0 spiro atoms. The van der Waals surface area contributed by atoms with Gasteiger partial charge in [-0.05, 0) is 48.9 Å². The minimum absolute atomic E-state index is 0.0217. The fraction of sp³-hybridized carbons (Fsp3) is 0.192. The predicted octanol–water partition coefficient (Wildman–Crippen LogP) is 4.43. The van der Waals surface area contributed by atoms with Gasteiger partial charge in [0.25, 0.3) is 0 Å². The van der Waals surface area contributed by atoms with Crippen LogP contribution in [0.25, 0.3) is 0 Å². The molecule has 3 N–H and O–H groups in total. The fourth-order valence-electron chi connectivity index (χ4n) is 3.39. The highest BCUT2D eigenvalue weighted by Gasteiger charge is 2.21. The highest BCUT2D eigenvalue weighted by molar-refractivity contribution is 6.00. The topological polar surface area (TPSA) is 149 Å². The molecule has 1 unspecified atom stereocenters. The molecule has 3 rings (SSSR count). The molecule has 204 valence electrons. The van der Waals surface area contributed by atoms with E-state index in [2.05, 4.69) is 20.7 Å². The molecule has 3 aromatic rings. The number of nitro benzene ring substituents is 1. The maximum atomic E-state index is 14.5. The van der Waals surface area contributed by atoms with Gasteiger partial charge in [0, 0.05) is 12.5 Å². The number of hydrogen-bond acceptors (Lipinski definition) is 8. The summed E-state index contributed by atoms with van der Waals surface area (Å²) in [7, 11) is 1.15. The van der Waals surface area contributed by atoms with Crippen LogP contribution in [0, 0.1) is 21.7 Å². The number of amides is 2. The van der Waals surface area contributed by atoms with Crippen LogP contribution in [-0.4, -0.2) is 42.6 Å². The van der Waals surface area contributed by atoms with Crippen molar-refractivity contribution in [3.63, 3.8) is 0 Å². The van der Waals surface area contributed by atoms with Crippen molar-refractivity contribution in [1.29, 1.82) is 0 Å². The number of benzene rings is 3. The van der Waals surface area contributed by atoms with Crippen molar-refractivity contribution in [2.24, 2.45) is 0 Å². The number of urea groups is 1. The van der Waals surface area contributed by atoms with Gasteiger partial charge >= 0.3 is 17.7 Å². The summed E-state index contributed by atoms with van der Waals surface area (Å²) in [5, 5.41) is 18.7. The van der Waals surface area contributed by atoms with E-state index in [-0.39, 0.29) is 41.4 Å². The molecule has 0 radical (unpaired) electrons. The van der Waals surface area contributed by atoms with Gasteiger partial charge in [-0.25, -0.2) is 18.4 Å². The first-order valence-corrected chi connectivity index (χ1v) is 11.5. The Hall–Kier alpha value is -4.91. The van der Waals surface area contributed by atoms with E-state index in [0.717, 1.165) is 25.3 Å². The van der Waals surface area contributed by atoms with Gasteiger partial charge in [0.15, 0.2) is 11.5 Å². The van der Waals surface area contributed by atoms with Gasteiger partial charge < -0.3 is 20.1 Å². The molecule has 0 fully saturated rings. The second-order valence-corrected chi connectivity index (χ2v) is 8.16. The molecule has 0 heterocycles. The Labute approximate surface area is 221 Å². The van der Waals surface area contributed by atoms with Gasteiger partial charge in [-0.1, -0.05) is 18.2 Å². The smallest absolute Gasteiger partial charge is 0.338 e. The third-order valence-corrected chi connectivity index (χ3v) is 5.27. The van der Waals surface area contributed by atoms with Gasteiger partial charge in [-0.15, -0.1) is 0 Å². The van der Waals surface area contributed by atoms with Crippen molar-refractivity contribution in [3.05, 3.63) is 93.5 Å². The highest BCUT2D eigenvalue weighted by Crippen LogP contribution is 2.29. The number of Topliss-reactive ketones (excluding diaryl/α,β-unsaturated/α-hetero) is 1. The molecular formula is C26H24F2N4O7. The molecule has 2 amide bonds. The SMILES string of the molecule is COC(=O)c1ccc(OC(C)NCC(=O)Cc2ccc(NC(=O)Nc3ccccc3F)c(F)c2)c([N+](=O)[O-])c1. The molecule has 13 heteroatoms. The van der Waals surface area contributed by atoms with Gasteiger partial charge in [0.2, 0.25) is 0 Å². The number of anilines is 2. The lowest BCUT2D eigenvalue weighted by Crippen LogP contribution is -2.36. The average Bonchev–Trinajstić information content (AvgIpc) is 2.90. The molecule has 0 saturated carbocycles. The molecule has 0 saturated heterocycles. The second kappa shape index (κ2) is 13.1. The lowest BCUT2D eigenvalue weighted by atomic mass is 10.1. The van der Waals surface area contributed by atoms with Crippen LogP contribution in [0.5, 0.6) is 5.75 Å². The summed E-state index contributed by atoms with van der Waals surface area (Å²) in [6.45, 7) is 1.33. The third-order valence-electron chi connectivity index (χ3n) is 5.27. The van der Waals surface area contributed by atoms with Crippen molar-refractivity contribution >= 4 is 34.8 Å². The molecule has 1 atom stereocenters. The molecule has 0 aliphatic rings. The number of esters is 1. The van der Waals surface area contributed by atoms with Crippen LogP contribution in [0.3, 0.4) is 0 Å². The van der Waals surface area contributed by atoms with E-state index in [9.17, 15) is 33.3 Å². The number of carbonyl (C=O) groups excluding carboxylic acids is 3. The zero-order valence-electron chi connectivity index (χ0n) is 20.8. The fourth-order valence-corrected chi connectivity index (χ4v) is 3.39. The second-order valence-electron chi connectivity index (χ2n) is 8.16. The largest absolute Gasteiger partial charge is 0.468 e. The number of ketones is 1. The Morgan fingerprint density at radius 3 is 2.31 bits per heavy atom. The molecule has 0 aliphatic heterocycles. The summed E-state index contributed by atoms with van der Waals surface area (Å²) in [5.74, 6) is -2.64. The zero-order chi connectivity index (χ0) is 28.5. The summed E-state index contributed by atoms with van der Waals surface area (Å²) in [6.07, 6.45) is -0.973. The Bertz CT molecular complexity index is 1400. The quantitative estimate of drug-likeness (QED) is 0.139. The molecule has 0 aliphatic carbocycles. The van der Waals surface area contributed by atoms with Crippen LogP contribution in [0.2, 0.25) is 0 Å². The van der Waals surface area contributed by atoms with Crippen LogP contribution in [0.15, 0.2) is 60.7 Å².